The van der Waals surface area contributed by atoms with Crippen LogP contribution in [0.15, 0.2) is 97.4 Å². The number of nitrogens with one attached hydrogen (secondary N) is 5. The van der Waals surface area contributed by atoms with E-state index in [1.165, 1.54) is 27.8 Å². The van der Waals surface area contributed by atoms with Crippen molar-refractivity contribution < 1.29 is 0 Å². The molecule has 0 bridgehead atoms. The first-order valence-electron chi connectivity index (χ1n) is 30.0. The molecular weight excluding hydrogens is 1030 g/mol. The fourth-order valence-electron chi connectivity index (χ4n) is 9.67. The largest absolute Gasteiger partial charge is 0.329 e. The molecular formula is C71H113N7O5. The zero-order chi connectivity index (χ0) is 64.7. The highest BCUT2D eigenvalue weighted by atomic mass is 16.1. The zero-order valence-electron chi connectivity index (χ0n) is 57.3. The van der Waals surface area contributed by atoms with Crippen molar-refractivity contribution in [1.29, 1.82) is 0 Å². The quantitative estimate of drug-likeness (QED) is 0.110. The monoisotopic (exact) mass is 1140 g/mol. The van der Waals surface area contributed by atoms with Crippen LogP contribution in [0.3, 0.4) is 0 Å². The standard InChI is InChI=1S/C13H21NO.3C12H19NO.C11H18N2.C11H17NO/c1-12(2,3)9-7-11(15)14-8-10(9)13(4,5)6;1-8(2)10-9(12(3,4)5)6-7-13-11(10)14;1-8(2)9-6-7-13-11(14)10(9)12(3,4)5;1-8(2)9-6-7-10(14)13-11(9)12(3,4)5;1-8(2)10-9(11(3,4)5)6-7-12-13-10;1-7(2)9-5-11(13)12-6-10(9)8(3)4/h7-8H,1-6H3,(H,14,15);3*6-8H,1-5H3,(H,13,14);6-8H,1-5H3;5-8H,1-4H3,(H,12,13). The molecule has 83 heavy (non-hydrogen) atoms. The van der Waals surface area contributed by atoms with Crippen molar-refractivity contribution in [2.24, 2.45) is 0 Å². The van der Waals surface area contributed by atoms with Crippen LogP contribution in [0.4, 0.5) is 0 Å². The van der Waals surface area contributed by atoms with Crippen LogP contribution in [0.5, 0.6) is 0 Å². The first-order chi connectivity index (χ1) is 37.6. The maximum absolute atomic E-state index is 11.7. The Hall–Kier alpha value is -6.17. The lowest BCUT2D eigenvalue weighted by atomic mass is 9.76. The second kappa shape index (κ2) is 30.6. The van der Waals surface area contributed by atoms with Crippen molar-refractivity contribution >= 4 is 0 Å². The molecule has 0 aliphatic carbocycles. The van der Waals surface area contributed by atoms with Gasteiger partial charge in [-0.3, -0.25) is 24.0 Å². The molecule has 0 aliphatic rings. The van der Waals surface area contributed by atoms with E-state index < -0.39 is 0 Å². The molecule has 0 amide bonds. The van der Waals surface area contributed by atoms with Gasteiger partial charge < -0.3 is 24.9 Å². The topological polar surface area (TPSA) is 190 Å². The lowest BCUT2D eigenvalue weighted by Crippen LogP contribution is -2.26. The number of hydrogen-bond donors (Lipinski definition) is 5. The summed E-state index contributed by atoms with van der Waals surface area (Å²) in [7, 11) is 0. The number of aromatic nitrogens is 7. The second-order valence-electron chi connectivity index (χ2n) is 30.0. The highest BCUT2D eigenvalue weighted by Gasteiger charge is 2.27. The minimum Gasteiger partial charge on any atom is -0.329 e. The van der Waals surface area contributed by atoms with Crippen LogP contribution in [0.1, 0.15) is 310 Å². The number of rotatable bonds is 6. The summed E-state index contributed by atoms with van der Waals surface area (Å²) in [5, 5.41) is 8.12. The van der Waals surface area contributed by atoms with Gasteiger partial charge >= 0.3 is 0 Å². The fraction of sp³-hybridized carbons (Fsp3) is 0.592. The van der Waals surface area contributed by atoms with E-state index in [2.05, 4.69) is 249 Å². The van der Waals surface area contributed by atoms with Crippen LogP contribution < -0.4 is 27.8 Å². The third-order valence-electron chi connectivity index (χ3n) is 14.0. The highest BCUT2D eigenvalue weighted by molar-refractivity contribution is 5.36. The van der Waals surface area contributed by atoms with Crippen molar-refractivity contribution in [2.75, 3.05) is 0 Å². The van der Waals surface area contributed by atoms with Gasteiger partial charge in [0.05, 0.1) is 5.69 Å². The number of aromatic amines is 5. The number of nitrogens with zero attached hydrogens (tertiary/aromatic N) is 2. The van der Waals surface area contributed by atoms with Gasteiger partial charge in [-0.15, -0.1) is 0 Å². The van der Waals surface area contributed by atoms with E-state index in [1.807, 2.05) is 30.6 Å². The lowest BCUT2D eigenvalue weighted by molar-refractivity contribution is 0.526. The van der Waals surface area contributed by atoms with Crippen LogP contribution in [0.25, 0.3) is 0 Å². The van der Waals surface area contributed by atoms with Gasteiger partial charge in [0, 0.05) is 71.4 Å². The van der Waals surface area contributed by atoms with Gasteiger partial charge in [0.15, 0.2) is 0 Å². The van der Waals surface area contributed by atoms with Gasteiger partial charge in [-0.2, -0.15) is 10.2 Å². The Balaban J connectivity index is 0.000000498. The second-order valence-corrected chi connectivity index (χ2v) is 30.0. The van der Waals surface area contributed by atoms with Crippen LogP contribution >= 0.6 is 0 Å². The zero-order valence-corrected chi connectivity index (χ0v) is 57.3. The first-order valence-corrected chi connectivity index (χ1v) is 30.0. The lowest BCUT2D eigenvalue weighted by Gasteiger charge is -2.29. The third-order valence-corrected chi connectivity index (χ3v) is 14.0. The number of hydrogen-bond acceptors (Lipinski definition) is 7. The highest BCUT2D eigenvalue weighted by Crippen LogP contribution is 2.33. The summed E-state index contributed by atoms with van der Waals surface area (Å²) in [6, 6.07) is 13.1. The van der Waals surface area contributed by atoms with Crippen molar-refractivity contribution in [2.45, 2.75) is 276 Å². The minimum absolute atomic E-state index is 0.0000231. The summed E-state index contributed by atoms with van der Waals surface area (Å²) in [4.78, 5) is 71.0. The smallest absolute Gasteiger partial charge is 0.251 e. The molecule has 0 atom stereocenters. The third kappa shape index (κ3) is 23.8. The van der Waals surface area contributed by atoms with Gasteiger partial charge in [-0.1, -0.05) is 214 Å². The van der Waals surface area contributed by atoms with Crippen molar-refractivity contribution in [3.8, 4) is 0 Å². The summed E-state index contributed by atoms with van der Waals surface area (Å²) in [6.45, 7) is 63.9. The van der Waals surface area contributed by atoms with Gasteiger partial charge in [0.2, 0.25) is 16.7 Å². The predicted molar refractivity (Wildman–Crippen MR) is 354 cm³/mol. The van der Waals surface area contributed by atoms with E-state index in [1.54, 1.807) is 36.8 Å². The molecule has 12 nitrogen and oxygen atoms in total. The van der Waals surface area contributed by atoms with E-state index >= 15 is 0 Å². The Morgan fingerprint density at radius 3 is 1.22 bits per heavy atom. The molecule has 0 aliphatic heterocycles. The Labute approximate surface area is 500 Å². The molecule has 0 spiro atoms. The van der Waals surface area contributed by atoms with E-state index in [0.29, 0.717) is 29.6 Å². The Kier molecular flexibility index (Phi) is 27.6. The summed E-state index contributed by atoms with van der Waals surface area (Å²) in [6.07, 6.45) is 8.92. The maximum Gasteiger partial charge on any atom is 0.251 e. The molecule has 6 aromatic rings. The van der Waals surface area contributed by atoms with Gasteiger partial charge in [0.25, 0.3) is 11.1 Å². The molecule has 0 radical (unpaired) electrons. The van der Waals surface area contributed by atoms with Crippen LogP contribution in [-0.2, 0) is 32.5 Å². The van der Waals surface area contributed by atoms with Crippen molar-refractivity contribution in [3.63, 3.8) is 0 Å². The van der Waals surface area contributed by atoms with Crippen LogP contribution in [0.2, 0.25) is 0 Å². The van der Waals surface area contributed by atoms with Crippen LogP contribution in [0, 0.1) is 0 Å². The molecule has 6 rings (SSSR count). The molecule has 462 valence electrons. The van der Waals surface area contributed by atoms with Gasteiger partial charge in [0.1, 0.15) is 0 Å². The van der Waals surface area contributed by atoms with Gasteiger partial charge in [-0.25, -0.2) is 0 Å². The van der Waals surface area contributed by atoms with Gasteiger partial charge in [-0.05, 0) is 125 Å². The number of pyridine rings is 5. The molecule has 6 aromatic heterocycles. The summed E-state index contributed by atoms with van der Waals surface area (Å²) < 4.78 is 0. The molecule has 5 N–H and O–H groups in total. The van der Waals surface area contributed by atoms with E-state index in [9.17, 15) is 24.0 Å². The molecule has 0 unspecified atom stereocenters. The molecule has 6 heterocycles. The Morgan fingerprint density at radius 2 is 0.819 bits per heavy atom. The van der Waals surface area contributed by atoms with E-state index in [0.717, 1.165) is 39.2 Å². The SMILES string of the molecule is CC(C)(C)c1c[nH]c(=O)cc1C(C)(C)C.CC(C)c1c(C(C)(C)C)cc[nH]c1=O.CC(C)c1c[nH]c(=O)cc1C(C)C.CC(C)c1cc[nH]c(=O)c1C(C)(C)C.CC(C)c1ccc(=O)[nH]c1C(C)(C)C.CC(C)c1nnccc1C(C)(C)C. The van der Waals surface area contributed by atoms with Crippen LogP contribution in [-0.4, -0.2) is 35.1 Å². The predicted octanol–water partition coefficient (Wildman–Crippen LogP) is 16.9. The first kappa shape index (κ1) is 74.8. The molecule has 0 saturated carbocycles. The minimum atomic E-state index is -0.0888. The summed E-state index contributed by atoms with van der Waals surface area (Å²) in [5.41, 5.74) is 13.8. The molecule has 0 aromatic carbocycles. The Bertz CT molecular complexity index is 3250. The van der Waals surface area contributed by atoms with Crippen molar-refractivity contribution in [1.82, 2.24) is 35.1 Å². The molecule has 12 heteroatoms. The average Bonchev–Trinajstić information content (AvgIpc) is 3.34. The van der Waals surface area contributed by atoms with Crippen molar-refractivity contribution in [3.05, 3.63) is 192 Å². The summed E-state index contributed by atoms with van der Waals surface area (Å²) >= 11 is 0. The normalized spacial score (nSPS) is 12.1. The molecule has 0 fully saturated rings. The fourth-order valence-corrected chi connectivity index (χ4v) is 9.67. The average molecular weight is 1140 g/mol. The molecule has 0 saturated heterocycles. The maximum atomic E-state index is 11.7. The van der Waals surface area contributed by atoms with E-state index in [4.69, 9.17) is 0 Å². The summed E-state index contributed by atoms with van der Waals surface area (Å²) in [5.74, 6) is 2.44. The number of H-pyrrole nitrogens is 5. The Morgan fingerprint density at radius 1 is 0.361 bits per heavy atom. The van der Waals surface area contributed by atoms with E-state index in [-0.39, 0.29) is 66.2 Å².